The van der Waals surface area contributed by atoms with Crippen molar-refractivity contribution in [3.63, 3.8) is 0 Å². The molecule has 1 amide bonds. The van der Waals surface area contributed by atoms with Gasteiger partial charge in [-0.1, -0.05) is 18.0 Å². The number of piperidine rings is 1. The van der Waals surface area contributed by atoms with Gasteiger partial charge >= 0.3 is 12.1 Å². The van der Waals surface area contributed by atoms with E-state index in [9.17, 15) is 14.3 Å². The molecule has 5 rings (SSSR count). The van der Waals surface area contributed by atoms with Gasteiger partial charge in [-0.2, -0.15) is 9.97 Å². The maximum absolute atomic E-state index is 14.9. The molecule has 9 nitrogen and oxygen atoms in total. The standard InChI is InChI=1S/C21H26ClFN6O3/c1-27-7-3-2-4-14(27)11-32-20-25-17-15(8-24-18(22)16(17)23)19(26-20)28-9-12-5-6-13(10-28)29(12)21(30)31/h8,12-14H,2-7,9-11H2,1H3,(H,30,31)/t12-,13+,14-/m0/s1. The molecule has 0 saturated carbocycles. The molecule has 2 bridgehead atoms. The van der Waals surface area contributed by atoms with Gasteiger partial charge in [0.15, 0.2) is 11.0 Å². The van der Waals surface area contributed by atoms with Crippen LogP contribution < -0.4 is 9.64 Å². The summed E-state index contributed by atoms with van der Waals surface area (Å²) in [4.78, 5) is 30.3. The lowest BCUT2D eigenvalue weighted by atomic mass is 10.0. The predicted octanol–water partition coefficient (Wildman–Crippen LogP) is 3.01. The molecule has 0 radical (unpaired) electrons. The van der Waals surface area contributed by atoms with E-state index in [1.165, 1.54) is 17.5 Å². The van der Waals surface area contributed by atoms with E-state index >= 15 is 0 Å². The highest BCUT2D eigenvalue weighted by atomic mass is 35.5. The largest absolute Gasteiger partial charge is 0.465 e. The Morgan fingerprint density at radius 2 is 2.00 bits per heavy atom. The molecular weight excluding hydrogens is 439 g/mol. The molecule has 3 atom stereocenters. The third-order valence-corrected chi connectivity index (χ3v) is 7.19. The molecule has 3 aliphatic rings. The Hall–Kier alpha value is -2.46. The SMILES string of the molecule is CN1CCCC[C@H]1COc1nc(N2C[C@H]3CC[C@@H](C2)N3C(=O)O)c2cnc(Cl)c(F)c2n1. The molecular formula is C21H26ClFN6O3. The zero-order chi connectivity index (χ0) is 22.4. The van der Waals surface area contributed by atoms with E-state index < -0.39 is 11.9 Å². The van der Waals surface area contributed by atoms with Gasteiger partial charge in [0.05, 0.1) is 17.5 Å². The van der Waals surface area contributed by atoms with E-state index in [0.29, 0.717) is 30.9 Å². The number of amides is 1. The highest BCUT2D eigenvalue weighted by Gasteiger charge is 2.43. The number of fused-ring (bicyclic) bond motifs is 3. The van der Waals surface area contributed by atoms with E-state index in [0.717, 1.165) is 32.2 Å². The summed E-state index contributed by atoms with van der Waals surface area (Å²) in [6.07, 6.45) is 5.52. The number of anilines is 1. The van der Waals surface area contributed by atoms with Gasteiger partial charge in [0.1, 0.15) is 17.9 Å². The minimum atomic E-state index is -0.898. The van der Waals surface area contributed by atoms with Crippen LogP contribution in [0.25, 0.3) is 10.9 Å². The quantitative estimate of drug-likeness (QED) is 0.690. The summed E-state index contributed by atoms with van der Waals surface area (Å²) in [5.41, 5.74) is 0.0648. The van der Waals surface area contributed by atoms with Gasteiger partial charge in [0.25, 0.3) is 0 Å². The number of rotatable bonds is 4. The lowest BCUT2D eigenvalue weighted by molar-refractivity contribution is 0.114. The van der Waals surface area contributed by atoms with Gasteiger partial charge in [-0.05, 0) is 39.3 Å². The van der Waals surface area contributed by atoms with Gasteiger partial charge in [-0.15, -0.1) is 0 Å². The number of ether oxygens (including phenoxy) is 1. The summed E-state index contributed by atoms with van der Waals surface area (Å²) in [6.45, 7) is 2.39. The maximum Gasteiger partial charge on any atom is 0.407 e. The molecule has 3 aliphatic heterocycles. The fourth-order valence-corrected chi connectivity index (χ4v) is 5.36. The summed E-state index contributed by atoms with van der Waals surface area (Å²) in [6, 6.07) is 0.108. The third-order valence-electron chi connectivity index (χ3n) is 6.93. The van der Waals surface area contributed by atoms with Crippen LogP contribution in [0.3, 0.4) is 0 Å². The first-order chi connectivity index (χ1) is 15.4. The van der Waals surface area contributed by atoms with Crippen molar-refractivity contribution in [2.45, 2.75) is 50.2 Å². The molecule has 2 aromatic rings. The number of hydrogen-bond donors (Lipinski definition) is 1. The van der Waals surface area contributed by atoms with Crippen molar-refractivity contribution in [1.82, 2.24) is 24.8 Å². The van der Waals surface area contributed by atoms with Crippen LogP contribution in [-0.4, -0.2) is 87.4 Å². The van der Waals surface area contributed by atoms with E-state index in [1.54, 1.807) is 0 Å². The molecule has 5 heterocycles. The van der Waals surface area contributed by atoms with Crippen LogP contribution in [0, 0.1) is 5.82 Å². The third kappa shape index (κ3) is 3.79. The molecule has 2 aromatic heterocycles. The minimum Gasteiger partial charge on any atom is -0.465 e. The number of hydrogen-bond acceptors (Lipinski definition) is 7. The van der Waals surface area contributed by atoms with E-state index in [-0.39, 0.29) is 34.8 Å². The zero-order valence-corrected chi connectivity index (χ0v) is 18.6. The first-order valence-electron chi connectivity index (χ1n) is 11.0. The Balaban J connectivity index is 1.47. The number of likely N-dealkylation sites (tertiary alicyclic amines) is 1. The van der Waals surface area contributed by atoms with Crippen LogP contribution in [0.15, 0.2) is 6.20 Å². The zero-order valence-electron chi connectivity index (χ0n) is 17.9. The molecule has 0 aromatic carbocycles. The number of halogens is 2. The topological polar surface area (TPSA) is 94.9 Å². The average Bonchev–Trinajstić information content (AvgIpc) is 3.05. The van der Waals surface area contributed by atoms with Crippen molar-refractivity contribution in [3.8, 4) is 6.01 Å². The Kier molecular flexibility index (Phi) is 5.66. The lowest BCUT2D eigenvalue weighted by Crippen LogP contribution is -2.55. The Labute approximate surface area is 190 Å². The van der Waals surface area contributed by atoms with E-state index in [2.05, 4.69) is 26.9 Å². The van der Waals surface area contributed by atoms with Gasteiger partial charge < -0.3 is 19.6 Å². The maximum atomic E-state index is 14.9. The molecule has 1 N–H and O–H groups in total. The predicted molar refractivity (Wildman–Crippen MR) is 117 cm³/mol. The van der Waals surface area contributed by atoms with Crippen LogP contribution in [-0.2, 0) is 0 Å². The summed E-state index contributed by atoms with van der Waals surface area (Å²) >= 11 is 5.93. The van der Waals surface area contributed by atoms with Crippen molar-refractivity contribution in [3.05, 3.63) is 17.2 Å². The normalized spacial score (nSPS) is 26.0. The fourth-order valence-electron chi connectivity index (χ4n) is 5.22. The Bertz CT molecular complexity index is 1030. The second-order valence-corrected chi connectivity index (χ2v) is 9.23. The molecule has 0 unspecified atom stereocenters. The number of aromatic nitrogens is 3. The average molecular weight is 465 g/mol. The van der Waals surface area contributed by atoms with Gasteiger partial charge in [0.2, 0.25) is 0 Å². The fraction of sp³-hybridized carbons (Fsp3) is 0.619. The summed E-state index contributed by atoms with van der Waals surface area (Å²) < 4.78 is 20.8. The molecule has 3 fully saturated rings. The molecule has 0 aliphatic carbocycles. The highest BCUT2D eigenvalue weighted by Crippen LogP contribution is 2.36. The van der Waals surface area contributed by atoms with Crippen LogP contribution in [0.5, 0.6) is 6.01 Å². The highest BCUT2D eigenvalue weighted by molar-refractivity contribution is 6.30. The van der Waals surface area contributed by atoms with Crippen LogP contribution in [0.1, 0.15) is 32.1 Å². The summed E-state index contributed by atoms with van der Waals surface area (Å²) in [5, 5.41) is 9.75. The number of piperazine rings is 1. The lowest BCUT2D eigenvalue weighted by Gasteiger charge is -2.40. The summed E-state index contributed by atoms with van der Waals surface area (Å²) in [5.74, 6) is -0.202. The van der Waals surface area contributed by atoms with Crippen LogP contribution >= 0.6 is 11.6 Å². The van der Waals surface area contributed by atoms with Gasteiger partial charge in [-0.25, -0.2) is 14.2 Å². The Morgan fingerprint density at radius 1 is 1.25 bits per heavy atom. The van der Waals surface area contributed by atoms with E-state index in [4.69, 9.17) is 16.3 Å². The number of carboxylic acid groups (broad SMARTS) is 1. The first-order valence-corrected chi connectivity index (χ1v) is 11.4. The smallest absolute Gasteiger partial charge is 0.407 e. The second-order valence-electron chi connectivity index (χ2n) is 8.88. The first kappa shape index (κ1) is 21.4. The number of nitrogens with zero attached hydrogens (tertiary/aromatic N) is 6. The van der Waals surface area contributed by atoms with Crippen molar-refractivity contribution in [2.24, 2.45) is 0 Å². The molecule has 32 heavy (non-hydrogen) atoms. The van der Waals surface area contributed by atoms with Crippen molar-refractivity contribution in [1.29, 1.82) is 0 Å². The van der Waals surface area contributed by atoms with Gasteiger partial charge in [-0.3, -0.25) is 4.90 Å². The summed E-state index contributed by atoms with van der Waals surface area (Å²) in [7, 11) is 2.07. The van der Waals surface area contributed by atoms with Crippen molar-refractivity contribution < 1.29 is 19.0 Å². The molecule has 172 valence electrons. The number of carbonyl (C=O) groups is 1. The van der Waals surface area contributed by atoms with Crippen molar-refractivity contribution >= 4 is 34.4 Å². The van der Waals surface area contributed by atoms with Gasteiger partial charge in [0, 0.05) is 25.3 Å². The minimum absolute atomic E-state index is 0.0648. The second kappa shape index (κ2) is 8.47. The van der Waals surface area contributed by atoms with E-state index in [1.807, 2.05) is 4.90 Å². The number of pyridine rings is 1. The molecule has 11 heteroatoms. The molecule has 0 spiro atoms. The van der Waals surface area contributed by atoms with Crippen LogP contribution in [0.4, 0.5) is 15.0 Å². The Morgan fingerprint density at radius 3 is 2.69 bits per heavy atom. The molecule has 3 saturated heterocycles. The van der Waals surface area contributed by atoms with Crippen molar-refractivity contribution in [2.75, 3.05) is 38.2 Å². The monoisotopic (exact) mass is 464 g/mol. The number of likely N-dealkylation sites (N-methyl/N-ethyl adjacent to an activating group) is 1. The van der Waals surface area contributed by atoms with Crippen LogP contribution in [0.2, 0.25) is 5.15 Å².